The fraction of sp³-hybridized carbons (Fsp3) is 0.692. The summed E-state index contributed by atoms with van der Waals surface area (Å²) in [4.78, 5) is 20.5. The van der Waals surface area contributed by atoms with Gasteiger partial charge in [0.15, 0.2) is 6.39 Å². The van der Waals surface area contributed by atoms with Crippen molar-refractivity contribution >= 4 is 5.91 Å². The van der Waals surface area contributed by atoms with Crippen molar-refractivity contribution in [2.24, 2.45) is 0 Å². The van der Waals surface area contributed by atoms with Crippen LogP contribution in [0, 0.1) is 0 Å². The Hall–Kier alpha value is -1.40. The van der Waals surface area contributed by atoms with Crippen molar-refractivity contribution in [1.82, 2.24) is 14.8 Å². The van der Waals surface area contributed by atoms with E-state index in [1.54, 1.807) is 6.26 Å². The number of morpholine rings is 1. The molecule has 0 aromatic carbocycles. The Morgan fingerprint density at radius 3 is 2.95 bits per heavy atom. The summed E-state index contributed by atoms with van der Waals surface area (Å²) in [7, 11) is 0. The number of hydrogen-bond acceptors (Lipinski definition) is 5. The lowest BCUT2D eigenvalue weighted by Gasteiger charge is -2.33. The van der Waals surface area contributed by atoms with Crippen LogP contribution >= 0.6 is 0 Å². The van der Waals surface area contributed by atoms with Crippen molar-refractivity contribution in [3.63, 3.8) is 0 Å². The Morgan fingerprint density at radius 1 is 1.37 bits per heavy atom. The Morgan fingerprint density at radius 2 is 2.21 bits per heavy atom. The van der Waals surface area contributed by atoms with E-state index in [1.807, 2.05) is 4.90 Å². The summed E-state index contributed by atoms with van der Waals surface area (Å²) in [5, 5.41) is 0. The highest BCUT2D eigenvalue weighted by molar-refractivity contribution is 5.81. The molecule has 3 heterocycles. The molecule has 6 heteroatoms. The molecular weight excluding hydrogens is 246 g/mol. The lowest BCUT2D eigenvalue weighted by atomic mass is 10.2. The molecule has 1 unspecified atom stereocenters. The largest absolute Gasteiger partial charge is 0.451 e. The molecule has 2 fully saturated rings. The topological polar surface area (TPSA) is 58.8 Å². The monoisotopic (exact) mass is 265 g/mol. The third kappa shape index (κ3) is 2.96. The molecule has 1 aromatic rings. The van der Waals surface area contributed by atoms with Crippen molar-refractivity contribution in [3.05, 3.63) is 18.4 Å². The van der Waals surface area contributed by atoms with E-state index in [4.69, 9.17) is 9.15 Å². The van der Waals surface area contributed by atoms with Gasteiger partial charge in [-0.25, -0.2) is 4.98 Å². The van der Waals surface area contributed by atoms with Crippen molar-refractivity contribution in [1.29, 1.82) is 0 Å². The highest BCUT2D eigenvalue weighted by Gasteiger charge is 2.31. The molecule has 2 aliphatic rings. The highest BCUT2D eigenvalue weighted by atomic mass is 16.5. The number of amides is 1. The first-order valence-electron chi connectivity index (χ1n) is 6.83. The molecule has 0 radical (unpaired) electrons. The smallest absolute Gasteiger partial charge is 0.253 e. The number of carbonyl (C=O) groups is 1. The van der Waals surface area contributed by atoms with E-state index in [1.165, 1.54) is 6.39 Å². The predicted molar refractivity (Wildman–Crippen MR) is 67.3 cm³/mol. The van der Waals surface area contributed by atoms with Crippen LogP contribution in [0.3, 0.4) is 0 Å². The quantitative estimate of drug-likeness (QED) is 0.796. The van der Waals surface area contributed by atoms with Gasteiger partial charge in [0.2, 0.25) is 0 Å². The molecule has 0 aliphatic carbocycles. The maximum atomic E-state index is 12.3. The van der Waals surface area contributed by atoms with Gasteiger partial charge in [-0.3, -0.25) is 9.69 Å². The maximum Gasteiger partial charge on any atom is 0.253 e. The first-order valence-corrected chi connectivity index (χ1v) is 6.83. The molecule has 1 atom stereocenters. The van der Waals surface area contributed by atoms with Gasteiger partial charge in [-0.15, -0.1) is 0 Å². The van der Waals surface area contributed by atoms with Crippen molar-refractivity contribution in [2.45, 2.75) is 25.5 Å². The zero-order valence-electron chi connectivity index (χ0n) is 11.0. The fourth-order valence-electron chi connectivity index (χ4n) is 2.68. The molecule has 2 aliphatic heterocycles. The summed E-state index contributed by atoms with van der Waals surface area (Å²) >= 11 is 0. The van der Waals surface area contributed by atoms with Gasteiger partial charge in [0.1, 0.15) is 12.4 Å². The molecule has 1 aromatic heterocycles. The standard InChI is InChI=1S/C13H19N3O3/c17-13(16-3-1-2-4-16)12-8-15(5-6-19-12)7-11-9-18-10-14-11/h9-10,12H,1-8H2. The number of oxazole rings is 1. The second-order valence-electron chi connectivity index (χ2n) is 5.11. The van der Waals surface area contributed by atoms with Crippen LogP contribution in [0.1, 0.15) is 18.5 Å². The van der Waals surface area contributed by atoms with Crippen LogP contribution in [0.25, 0.3) is 0 Å². The summed E-state index contributed by atoms with van der Waals surface area (Å²) < 4.78 is 10.6. The minimum absolute atomic E-state index is 0.141. The zero-order valence-corrected chi connectivity index (χ0v) is 11.0. The predicted octanol–water partition coefficient (Wildman–Crippen LogP) is 0.498. The lowest BCUT2D eigenvalue weighted by molar-refractivity contribution is -0.148. The molecule has 3 rings (SSSR count). The number of hydrogen-bond donors (Lipinski definition) is 0. The normalized spacial score (nSPS) is 24.8. The van der Waals surface area contributed by atoms with Gasteiger partial charge >= 0.3 is 0 Å². The number of aromatic nitrogens is 1. The molecule has 0 bridgehead atoms. The highest BCUT2D eigenvalue weighted by Crippen LogP contribution is 2.15. The van der Waals surface area contributed by atoms with Gasteiger partial charge in [-0.1, -0.05) is 0 Å². The van der Waals surface area contributed by atoms with Gasteiger partial charge in [0.05, 0.1) is 12.3 Å². The Balaban J connectivity index is 1.56. The summed E-state index contributed by atoms with van der Waals surface area (Å²) in [6.45, 7) is 4.54. The van der Waals surface area contributed by atoms with Crippen LogP contribution in [-0.4, -0.2) is 59.6 Å². The number of ether oxygens (including phenoxy) is 1. The lowest BCUT2D eigenvalue weighted by Crippen LogP contribution is -2.50. The molecular formula is C13H19N3O3. The average Bonchev–Trinajstić information content (AvgIpc) is 3.11. The van der Waals surface area contributed by atoms with Gasteiger partial charge in [0.25, 0.3) is 5.91 Å². The molecule has 104 valence electrons. The summed E-state index contributed by atoms with van der Waals surface area (Å²) in [5.74, 6) is 0.141. The van der Waals surface area contributed by atoms with Gasteiger partial charge in [0, 0.05) is 32.7 Å². The second kappa shape index (κ2) is 5.71. The third-order valence-corrected chi connectivity index (χ3v) is 3.71. The minimum atomic E-state index is -0.321. The van der Waals surface area contributed by atoms with E-state index in [-0.39, 0.29) is 12.0 Å². The van der Waals surface area contributed by atoms with Crippen LogP contribution in [0.2, 0.25) is 0 Å². The van der Waals surface area contributed by atoms with Crippen LogP contribution in [0.15, 0.2) is 17.1 Å². The number of likely N-dealkylation sites (tertiary alicyclic amines) is 1. The minimum Gasteiger partial charge on any atom is -0.451 e. The van der Waals surface area contributed by atoms with Crippen LogP contribution in [0.4, 0.5) is 0 Å². The SMILES string of the molecule is O=C(C1CN(Cc2cocn2)CCO1)N1CCCC1. The van der Waals surface area contributed by atoms with E-state index >= 15 is 0 Å². The van der Waals surface area contributed by atoms with Crippen LogP contribution < -0.4 is 0 Å². The fourth-order valence-corrected chi connectivity index (χ4v) is 2.68. The second-order valence-corrected chi connectivity index (χ2v) is 5.11. The van der Waals surface area contributed by atoms with E-state index in [0.717, 1.165) is 38.2 Å². The molecule has 6 nitrogen and oxygen atoms in total. The molecule has 0 saturated carbocycles. The third-order valence-electron chi connectivity index (χ3n) is 3.71. The average molecular weight is 265 g/mol. The Labute approximate surface area is 112 Å². The van der Waals surface area contributed by atoms with Crippen molar-refractivity contribution in [2.75, 3.05) is 32.8 Å². The summed E-state index contributed by atoms with van der Waals surface area (Å²) in [6.07, 6.45) is 4.98. The first-order chi connectivity index (χ1) is 9.33. The zero-order chi connectivity index (χ0) is 13.1. The maximum absolute atomic E-state index is 12.3. The molecule has 0 spiro atoms. The Bertz CT molecular complexity index is 415. The first kappa shape index (κ1) is 12.6. The van der Waals surface area contributed by atoms with E-state index in [9.17, 15) is 4.79 Å². The van der Waals surface area contributed by atoms with E-state index < -0.39 is 0 Å². The number of rotatable bonds is 3. The van der Waals surface area contributed by atoms with E-state index in [2.05, 4.69) is 9.88 Å². The van der Waals surface area contributed by atoms with Crippen LogP contribution in [0.5, 0.6) is 0 Å². The van der Waals surface area contributed by atoms with Gasteiger partial charge in [-0.2, -0.15) is 0 Å². The molecule has 1 amide bonds. The Kier molecular flexibility index (Phi) is 3.79. The van der Waals surface area contributed by atoms with Crippen molar-refractivity contribution in [3.8, 4) is 0 Å². The number of carbonyl (C=O) groups excluding carboxylic acids is 1. The number of nitrogens with zero attached hydrogens (tertiary/aromatic N) is 3. The molecule has 19 heavy (non-hydrogen) atoms. The summed E-state index contributed by atoms with van der Waals surface area (Å²) in [6, 6.07) is 0. The van der Waals surface area contributed by atoms with Crippen LogP contribution in [-0.2, 0) is 16.1 Å². The summed E-state index contributed by atoms with van der Waals surface area (Å²) in [5.41, 5.74) is 0.897. The van der Waals surface area contributed by atoms with Gasteiger partial charge < -0.3 is 14.1 Å². The molecule has 2 saturated heterocycles. The van der Waals surface area contributed by atoms with Crippen molar-refractivity contribution < 1.29 is 13.9 Å². The van der Waals surface area contributed by atoms with Gasteiger partial charge in [-0.05, 0) is 12.8 Å². The molecule has 0 N–H and O–H groups in total. The van der Waals surface area contributed by atoms with E-state index in [0.29, 0.717) is 19.7 Å².